The van der Waals surface area contributed by atoms with Gasteiger partial charge in [-0.05, 0) is 30.5 Å². The summed E-state index contributed by atoms with van der Waals surface area (Å²) in [6.07, 6.45) is 2.43. The van der Waals surface area contributed by atoms with Crippen molar-refractivity contribution in [2.45, 2.75) is 51.7 Å². The topological polar surface area (TPSA) is 71.3 Å². The van der Waals surface area contributed by atoms with E-state index >= 15 is 0 Å². The molecule has 1 aliphatic carbocycles. The van der Waals surface area contributed by atoms with Gasteiger partial charge in [-0.2, -0.15) is 4.98 Å². The van der Waals surface area contributed by atoms with Gasteiger partial charge in [0.2, 0.25) is 5.89 Å². The highest BCUT2D eigenvalue weighted by Gasteiger charge is 2.30. The monoisotopic (exact) mass is 328 g/mol. The molecular formula is C18H24N4O2. The molecule has 3 rings (SSSR count). The summed E-state index contributed by atoms with van der Waals surface area (Å²) in [5.41, 5.74) is 1.86. The summed E-state index contributed by atoms with van der Waals surface area (Å²) in [6, 6.07) is 8.34. The lowest BCUT2D eigenvalue weighted by molar-refractivity contribution is 0.0963. The van der Waals surface area contributed by atoms with Gasteiger partial charge in [0, 0.05) is 31.1 Å². The first-order valence-corrected chi connectivity index (χ1v) is 8.44. The SMILES string of the molecule is CNC(=O)c1ccc(CN(Cc2noc(C(C)C)n2)C2CC2)cc1. The molecule has 1 aromatic heterocycles. The van der Waals surface area contributed by atoms with Crippen molar-refractivity contribution in [3.8, 4) is 0 Å². The van der Waals surface area contributed by atoms with E-state index in [4.69, 9.17) is 4.52 Å². The number of hydrogen-bond acceptors (Lipinski definition) is 5. The van der Waals surface area contributed by atoms with Crippen LogP contribution in [0.4, 0.5) is 0 Å². The Morgan fingerprint density at radius 3 is 2.54 bits per heavy atom. The molecule has 0 radical (unpaired) electrons. The van der Waals surface area contributed by atoms with Crippen molar-refractivity contribution in [2.75, 3.05) is 7.05 Å². The van der Waals surface area contributed by atoms with Crippen LogP contribution in [0.25, 0.3) is 0 Å². The highest BCUT2D eigenvalue weighted by molar-refractivity contribution is 5.93. The zero-order valence-electron chi connectivity index (χ0n) is 14.5. The van der Waals surface area contributed by atoms with E-state index in [2.05, 4.69) is 20.4 Å². The molecule has 0 saturated heterocycles. The average molecular weight is 328 g/mol. The molecule has 1 heterocycles. The summed E-state index contributed by atoms with van der Waals surface area (Å²) < 4.78 is 5.30. The molecule has 1 aliphatic rings. The summed E-state index contributed by atoms with van der Waals surface area (Å²) in [5.74, 6) is 1.62. The van der Waals surface area contributed by atoms with Crippen molar-refractivity contribution in [1.29, 1.82) is 0 Å². The molecule has 24 heavy (non-hydrogen) atoms. The molecule has 1 N–H and O–H groups in total. The Labute approximate surface area is 142 Å². The second kappa shape index (κ2) is 7.13. The molecule has 0 spiro atoms. The van der Waals surface area contributed by atoms with Gasteiger partial charge in [0.05, 0.1) is 6.54 Å². The Morgan fingerprint density at radius 2 is 2.00 bits per heavy atom. The molecule has 0 bridgehead atoms. The molecule has 1 aromatic carbocycles. The van der Waals surface area contributed by atoms with E-state index in [0.717, 1.165) is 12.4 Å². The lowest BCUT2D eigenvalue weighted by Gasteiger charge is -2.20. The van der Waals surface area contributed by atoms with Gasteiger partial charge in [0.15, 0.2) is 5.82 Å². The van der Waals surface area contributed by atoms with Gasteiger partial charge in [0.25, 0.3) is 5.91 Å². The van der Waals surface area contributed by atoms with Gasteiger partial charge in [-0.3, -0.25) is 9.69 Å². The molecule has 0 atom stereocenters. The molecule has 1 saturated carbocycles. The van der Waals surface area contributed by atoms with Crippen molar-refractivity contribution in [2.24, 2.45) is 0 Å². The van der Waals surface area contributed by atoms with E-state index < -0.39 is 0 Å². The molecule has 0 aliphatic heterocycles. The van der Waals surface area contributed by atoms with E-state index in [1.54, 1.807) is 7.05 Å². The van der Waals surface area contributed by atoms with Crippen molar-refractivity contribution >= 4 is 5.91 Å². The third kappa shape index (κ3) is 4.00. The summed E-state index contributed by atoms with van der Waals surface area (Å²) >= 11 is 0. The van der Waals surface area contributed by atoms with Crippen molar-refractivity contribution in [3.63, 3.8) is 0 Å². The first-order valence-electron chi connectivity index (χ1n) is 8.44. The fraction of sp³-hybridized carbons (Fsp3) is 0.500. The van der Waals surface area contributed by atoms with E-state index in [0.29, 0.717) is 24.0 Å². The predicted molar refractivity (Wildman–Crippen MR) is 90.5 cm³/mol. The Hall–Kier alpha value is -2.21. The number of nitrogens with zero attached hydrogens (tertiary/aromatic N) is 3. The van der Waals surface area contributed by atoms with Gasteiger partial charge in [-0.15, -0.1) is 0 Å². The maximum Gasteiger partial charge on any atom is 0.251 e. The lowest BCUT2D eigenvalue weighted by atomic mass is 10.1. The zero-order valence-corrected chi connectivity index (χ0v) is 14.5. The first-order chi connectivity index (χ1) is 11.6. The van der Waals surface area contributed by atoms with Crippen LogP contribution in [0.5, 0.6) is 0 Å². The Kier molecular flexibility index (Phi) is 4.94. The Bertz CT molecular complexity index is 689. The predicted octanol–water partition coefficient (Wildman–Crippen LogP) is 2.72. The molecule has 1 fully saturated rings. The largest absolute Gasteiger partial charge is 0.355 e. The van der Waals surface area contributed by atoms with Crippen molar-refractivity contribution < 1.29 is 9.32 Å². The van der Waals surface area contributed by atoms with Gasteiger partial charge >= 0.3 is 0 Å². The fourth-order valence-corrected chi connectivity index (χ4v) is 2.64. The normalized spacial score (nSPS) is 14.4. The maximum atomic E-state index is 11.6. The smallest absolute Gasteiger partial charge is 0.251 e. The second-order valence-electron chi connectivity index (χ2n) is 6.62. The highest BCUT2D eigenvalue weighted by atomic mass is 16.5. The van der Waals surface area contributed by atoms with Gasteiger partial charge in [0.1, 0.15) is 0 Å². The van der Waals surface area contributed by atoms with Crippen LogP contribution in [-0.4, -0.2) is 34.0 Å². The third-order valence-electron chi connectivity index (χ3n) is 4.21. The standard InChI is InChI=1S/C18H24N4O2/c1-12(2)18-20-16(21-24-18)11-22(15-8-9-15)10-13-4-6-14(7-5-13)17(23)19-3/h4-7,12,15H,8-11H2,1-3H3,(H,19,23). The number of carbonyl (C=O) groups excluding carboxylic acids is 1. The van der Waals surface area contributed by atoms with Crippen molar-refractivity contribution in [1.82, 2.24) is 20.4 Å². The van der Waals surface area contributed by atoms with Crippen molar-refractivity contribution in [3.05, 3.63) is 47.1 Å². The minimum absolute atomic E-state index is 0.0615. The van der Waals surface area contributed by atoms with E-state index in [1.807, 2.05) is 38.1 Å². The molecule has 6 nitrogen and oxygen atoms in total. The van der Waals surface area contributed by atoms with E-state index in [1.165, 1.54) is 18.4 Å². The number of nitrogens with one attached hydrogen (secondary N) is 1. The van der Waals surface area contributed by atoms with E-state index in [9.17, 15) is 4.79 Å². The minimum Gasteiger partial charge on any atom is -0.355 e. The third-order valence-corrected chi connectivity index (χ3v) is 4.21. The summed E-state index contributed by atoms with van der Waals surface area (Å²) in [6.45, 7) is 5.61. The molecule has 0 unspecified atom stereocenters. The molecular weight excluding hydrogens is 304 g/mol. The van der Waals surface area contributed by atoms with Crippen LogP contribution in [0.2, 0.25) is 0 Å². The van der Waals surface area contributed by atoms with Gasteiger partial charge in [-0.1, -0.05) is 31.1 Å². The number of aromatic nitrogens is 2. The zero-order chi connectivity index (χ0) is 17.1. The quantitative estimate of drug-likeness (QED) is 0.846. The molecule has 1 amide bonds. The van der Waals surface area contributed by atoms with Crippen LogP contribution in [-0.2, 0) is 13.1 Å². The second-order valence-corrected chi connectivity index (χ2v) is 6.62. The average Bonchev–Trinajstić information content (AvgIpc) is 3.33. The molecule has 128 valence electrons. The van der Waals surface area contributed by atoms with Gasteiger partial charge in [-0.25, -0.2) is 0 Å². The summed E-state index contributed by atoms with van der Waals surface area (Å²) in [7, 11) is 1.64. The van der Waals surface area contributed by atoms with Crippen LogP contribution in [0.1, 0.15) is 60.2 Å². The van der Waals surface area contributed by atoms with Crippen LogP contribution in [0, 0.1) is 0 Å². The summed E-state index contributed by atoms with van der Waals surface area (Å²) in [5, 5.41) is 6.73. The maximum absolute atomic E-state index is 11.6. The first kappa shape index (κ1) is 16.6. The molecule has 6 heteroatoms. The summed E-state index contributed by atoms with van der Waals surface area (Å²) in [4.78, 5) is 18.5. The number of rotatable bonds is 7. The Morgan fingerprint density at radius 1 is 1.29 bits per heavy atom. The fourth-order valence-electron chi connectivity index (χ4n) is 2.64. The lowest BCUT2D eigenvalue weighted by Crippen LogP contribution is -2.25. The van der Waals surface area contributed by atoms with Crippen LogP contribution in [0.15, 0.2) is 28.8 Å². The van der Waals surface area contributed by atoms with Crippen LogP contribution >= 0.6 is 0 Å². The minimum atomic E-state index is -0.0615. The van der Waals surface area contributed by atoms with E-state index in [-0.39, 0.29) is 11.8 Å². The Balaban J connectivity index is 1.66. The number of carbonyl (C=O) groups is 1. The van der Waals surface area contributed by atoms with Gasteiger partial charge < -0.3 is 9.84 Å². The number of amides is 1. The number of hydrogen-bond donors (Lipinski definition) is 1. The van der Waals surface area contributed by atoms with Crippen LogP contribution in [0.3, 0.4) is 0 Å². The molecule has 2 aromatic rings. The highest BCUT2D eigenvalue weighted by Crippen LogP contribution is 2.29. The van der Waals surface area contributed by atoms with Crippen LogP contribution < -0.4 is 5.32 Å². The number of benzene rings is 1.